The molecule has 0 spiro atoms. The molecule has 2 fully saturated rings. The topological polar surface area (TPSA) is 41.1 Å². The van der Waals surface area contributed by atoms with Gasteiger partial charge in [0.2, 0.25) is 5.91 Å². The van der Waals surface area contributed by atoms with E-state index in [9.17, 15) is 4.79 Å². The second kappa shape index (κ2) is 6.24. The van der Waals surface area contributed by atoms with Gasteiger partial charge in [0.05, 0.1) is 6.54 Å². The Hall–Kier alpha value is -0.570. The molecular weight excluding hydrogens is 200 g/mol. The number of carbonyl (C=O) groups excluding carboxylic acids is 1. The predicted octanol–water partition coefficient (Wildman–Crippen LogP) is 1.82. The molecule has 2 N–H and O–H groups in total. The third-order valence-corrected chi connectivity index (χ3v) is 3.91. The first kappa shape index (κ1) is 11.9. The molecule has 2 rings (SSSR count). The lowest BCUT2D eigenvalue weighted by Gasteiger charge is -2.26. The monoisotopic (exact) mass is 224 g/mol. The summed E-state index contributed by atoms with van der Waals surface area (Å²) in [7, 11) is 0. The number of hydrogen-bond acceptors (Lipinski definition) is 2. The summed E-state index contributed by atoms with van der Waals surface area (Å²) >= 11 is 0. The van der Waals surface area contributed by atoms with Gasteiger partial charge in [0.25, 0.3) is 0 Å². The van der Waals surface area contributed by atoms with Crippen LogP contribution in [0.25, 0.3) is 0 Å². The summed E-state index contributed by atoms with van der Waals surface area (Å²) in [4.78, 5) is 11.6. The molecule has 2 saturated carbocycles. The molecule has 0 atom stereocenters. The van der Waals surface area contributed by atoms with Crippen molar-refractivity contribution in [1.82, 2.24) is 10.6 Å². The Kier molecular flexibility index (Phi) is 4.64. The summed E-state index contributed by atoms with van der Waals surface area (Å²) < 4.78 is 0. The van der Waals surface area contributed by atoms with E-state index >= 15 is 0 Å². The van der Waals surface area contributed by atoms with Gasteiger partial charge in [0.15, 0.2) is 0 Å². The van der Waals surface area contributed by atoms with E-state index in [2.05, 4.69) is 10.6 Å². The fraction of sp³-hybridized carbons (Fsp3) is 0.923. The van der Waals surface area contributed by atoms with Crippen molar-refractivity contribution in [2.45, 2.75) is 57.4 Å². The van der Waals surface area contributed by atoms with E-state index in [4.69, 9.17) is 0 Å². The normalized spacial score (nSPS) is 22.8. The molecule has 3 nitrogen and oxygen atoms in total. The van der Waals surface area contributed by atoms with Crippen LogP contribution in [0, 0.1) is 5.92 Å². The number of carbonyl (C=O) groups is 1. The van der Waals surface area contributed by atoms with Crippen LogP contribution in [0.2, 0.25) is 0 Å². The van der Waals surface area contributed by atoms with E-state index in [-0.39, 0.29) is 5.91 Å². The second-order valence-corrected chi connectivity index (χ2v) is 5.33. The van der Waals surface area contributed by atoms with Gasteiger partial charge in [-0.2, -0.15) is 0 Å². The van der Waals surface area contributed by atoms with Gasteiger partial charge >= 0.3 is 0 Å². The van der Waals surface area contributed by atoms with Crippen molar-refractivity contribution in [2.75, 3.05) is 13.1 Å². The zero-order valence-electron chi connectivity index (χ0n) is 10.1. The van der Waals surface area contributed by atoms with Gasteiger partial charge in [0.1, 0.15) is 0 Å². The zero-order chi connectivity index (χ0) is 11.2. The Balaban J connectivity index is 1.52. The average molecular weight is 224 g/mol. The Morgan fingerprint density at radius 3 is 2.38 bits per heavy atom. The molecule has 0 unspecified atom stereocenters. The lowest BCUT2D eigenvalue weighted by atomic mass is 9.85. The quantitative estimate of drug-likeness (QED) is 0.748. The van der Waals surface area contributed by atoms with Crippen LogP contribution in [0.5, 0.6) is 0 Å². The molecule has 0 bridgehead atoms. The maximum absolute atomic E-state index is 11.6. The molecule has 3 heteroatoms. The van der Waals surface area contributed by atoms with Crippen molar-refractivity contribution in [1.29, 1.82) is 0 Å². The SMILES string of the molecule is O=C(CNCC1CCC1)NC1CCCCC1. The summed E-state index contributed by atoms with van der Waals surface area (Å²) in [6, 6.07) is 0.451. The Morgan fingerprint density at radius 1 is 1.00 bits per heavy atom. The standard InChI is InChI=1S/C13H24N2O/c16-13(10-14-9-11-5-4-6-11)15-12-7-2-1-3-8-12/h11-12,14H,1-10H2,(H,15,16). The Bertz CT molecular complexity index is 220. The smallest absolute Gasteiger partial charge is 0.234 e. The van der Waals surface area contributed by atoms with Gasteiger partial charge in [-0.15, -0.1) is 0 Å². The molecule has 0 aromatic carbocycles. The van der Waals surface area contributed by atoms with E-state index < -0.39 is 0 Å². The van der Waals surface area contributed by atoms with Crippen LogP contribution in [0.15, 0.2) is 0 Å². The van der Waals surface area contributed by atoms with E-state index in [0.717, 1.165) is 12.5 Å². The summed E-state index contributed by atoms with van der Waals surface area (Å²) in [5.41, 5.74) is 0. The summed E-state index contributed by atoms with van der Waals surface area (Å²) in [5, 5.41) is 6.39. The highest BCUT2D eigenvalue weighted by Gasteiger charge is 2.18. The molecule has 0 heterocycles. The molecule has 0 radical (unpaired) electrons. The van der Waals surface area contributed by atoms with Gasteiger partial charge in [0, 0.05) is 6.04 Å². The average Bonchev–Trinajstić information content (AvgIpc) is 2.23. The van der Waals surface area contributed by atoms with Crippen molar-refractivity contribution in [3.05, 3.63) is 0 Å². The highest BCUT2D eigenvalue weighted by molar-refractivity contribution is 5.78. The van der Waals surface area contributed by atoms with E-state index in [1.807, 2.05) is 0 Å². The van der Waals surface area contributed by atoms with Crippen molar-refractivity contribution in [2.24, 2.45) is 5.92 Å². The summed E-state index contributed by atoms with van der Waals surface area (Å²) in [6.45, 7) is 1.53. The minimum Gasteiger partial charge on any atom is -0.352 e. The van der Waals surface area contributed by atoms with Gasteiger partial charge in [-0.05, 0) is 38.1 Å². The number of rotatable bonds is 5. The van der Waals surface area contributed by atoms with Gasteiger partial charge in [-0.3, -0.25) is 4.79 Å². The molecular formula is C13H24N2O. The number of nitrogens with one attached hydrogen (secondary N) is 2. The minimum absolute atomic E-state index is 0.186. The van der Waals surface area contributed by atoms with Gasteiger partial charge < -0.3 is 10.6 Å². The third kappa shape index (κ3) is 3.78. The van der Waals surface area contributed by atoms with Crippen LogP contribution in [0.1, 0.15) is 51.4 Å². The van der Waals surface area contributed by atoms with Crippen LogP contribution in [0.3, 0.4) is 0 Å². The Morgan fingerprint density at radius 2 is 1.75 bits per heavy atom. The first-order valence-corrected chi connectivity index (χ1v) is 6.84. The minimum atomic E-state index is 0.186. The molecule has 0 aromatic heterocycles. The van der Waals surface area contributed by atoms with Crippen molar-refractivity contribution in [3.63, 3.8) is 0 Å². The third-order valence-electron chi connectivity index (χ3n) is 3.91. The zero-order valence-corrected chi connectivity index (χ0v) is 10.1. The molecule has 16 heavy (non-hydrogen) atoms. The van der Waals surface area contributed by atoms with Crippen LogP contribution in [-0.4, -0.2) is 25.0 Å². The number of amides is 1. The highest BCUT2D eigenvalue weighted by Crippen LogP contribution is 2.25. The van der Waals surface area contributed by atoms with E-state index in [1.54, 1.807) is 0 Å². The molecule has 1 amide bonds. The molecule has 0 aromatic rings. The first-order chi connectivity index (χ1) is 7.84. The van der Waals surface area contributed by atoms with E-state index in [0.29, 0.717) is 12.6 Å². The first-order valence-electron chi connectivity index (χ1n) is 6.84. The van der Waals surface area contributed by atoms with Crippen molar-refractivity contribution < 1.29 is 4.79 Å². The molecule has 2 aliphatic rings. The molecule has 0 saturated heterocycles. The summed E-state index contributed by atoms with van der Waals surface area (Å²) in [6.07, 6.45) is 10.3. The lowest BCUT2D eigenvalue weighted by molar-refractivity contribution is -0.121. The maximum atomic E-state index is 11.6. The van der Waals surface area contributed by atoms with Gasteiger partial charge in [-0.25, -0.2) is 0 Å². The van der Waals surface area contributed by atoms with Crippen LogP contribution in [-0.2, 0) is 4.79 Å². The Labute approximate surface area is 98.4 Å². The van der Waals surface area contributed by atoms with Gasteiger partial charge in [-0.1, -0.05) is 25.7 Å². The fourth-order valence-electron chi connectivity index (χ4n) is 2.61. The van der Waals surface area contributed by atoms with Crippen LogP contribution >= 0.6 is 0 Å². The number of hydrogen-bond donors (Lipinski definition) is 2. The maximum Gasteiger partial charge on any atom is 0.234 e. The summed E-state index contributed by atoms with van der Waals surface area (Å²) in [5.74, 6) is 1.02. The van der Waals surface area contributed by atoms with Crippen LogP contribution < -0.4 is 10.6 Å². The largest absolute Gasteiger partial charge is 0.352 e. The van der Waals surface area contributed by atoms with E-state index in [1.165, 1.54) is 51.4 Å². The lowest BCUT2D eigenvalue weighted by Crippen LogP contribution is -2.42. The van der Waals surface area contributed by atoms with Crippen molar-refractivity contribution in [3.8, 4) is 0 Å². The molecule has 2 aliphatic carbocycles. The molecule has 0 aliphatic heterocycles. The second-order valence-electron chi connectivity index (χ2n) is 5.33. The van der Waals surface area contributed by atoms with Crippen LogP contribution in [0.4, 0.5) is 0 Å². The fourth-order valence-corrected chi connectivity index (χ4v) is 2.61. The highest BCUT2D eigenvalue weighted by atomic mass is 16.1. The predicted molar refractivity (Wildman–Crippen MR) is 65.2 cm³/mol. The van der Waals surface area contributed by atoms with Crippen molar-refractivity contribution >= 4 is 5.91 Å². The molecule has 92 valence electrons.